The molecule has 8 heteroatoms. The molecule has 1 fully saturated rings. The number of carboxylic acids is 2. The summed E-state index contributed by atoms with van der Waals surface area (Å²) in [6.45, 7) is 9.05. The number of nitrogens with one attached hydrogen (secondary N) is 2. The quantitative estimate of drug-likeness (QED) is 0.460. The maximum atomic E-state index is 12.9. The Labute approximate surface area is 188 Å². The van der Waals surface area contributed by atoms with Gasteiger partial charge in [-0.3, -0.25) is 14.4 Å². The molecule has 1 aromatic carbocycles. The number of carboxylic acid groups (broad SMARTS) is 2. The minimum Gasteiger partial charge on any atom is -0.481 e. The van der Waals surface area contributed by atoms with Gasteiger partial charge in [0.2, 0.25) is 11.8 Å². The second-order valence-electron chi connectivity index (χ2n) is 9.90. The summed E-state index contributed by atoms with van der Waals surface area (Å²) in [6.07, 6.45) is 1.23. The van der Waals surface area contributed by atoms with E-state index < -0.39 is 40.6 Å². The van der Waals surface area contributed by atoms with E-state index in [0.29, 0.717) is 30.5 Å². The Bertz CT molecular complexity index is 877. The largest absolute Gasteiger partial charge is 0.481 e. The third-order valence-electron chi connectivity index (χ3n) is 6.90. The minimum absolute atomic E-state index is 0.0740. The summed E-state index contributed by atoms with van der Waals surface area (Å²) >= 11 is 0. The van der Waals surface area contributed by atoms with Crippen LogP contribution >= 0.6 is 0 Å². The Kier molecular flexibility index (Phi) is 7.70. The zero-order chi connectivity index (χ0) is 24.3. The number of anilines is 1. The molecular formula is C24H34N2O6. The highest BCUT2D eigenvalue weighted by Gasteiger charge is 2.58. The van der Waals surface area contributed by atoms with Crippen LogP contribution in [0.3, 0.4) is 0 Å². The van der Waals surface area contributed by atoms with E-state index in [2.05, 4.69) is 10.6 Å². The Morgan fingerprint density at radius 1 is 1.06 bits per heavy atom. The third-order valence-corrected chi connectivity index (χ3v) is 6.90. The van der Waals surface area contributed by atoms with Crippen molar-refractivity contribution in [2.24, 2.45) is 22.7 Å². The van der Waals surface area contributed by atoms with Crippen molar-refractivity contribution >= 4 is 29.4 Å². The maximum Gasteiger partial charge on any atom is 0.326 e. The van der Waals surface area contributed by atoms with Crippen molar-refractivity contribution in [3.63, 3.8) is 0 Å². The molecule has 176 valence electrons. The van der Waals surface area contributed by atoms with Gasteiger partial charge in [-0.15, -0.1) is 0 Å². The van der Waals surface area contributed by atoms with E-state index in [0.717, 1.165) is 0 Å². The molecule has 1 aromatic rings. The maximum absolute atomic E-state index is 12.9. The monoisotopic (exact) mass is 446 g/mol. The Morgan fingerprint density at radius 2 is 1.66 bits per heavy atom. The number of aliphatic carboxylic acids is 2. The van der Waals surface area contributed by atoms with Gasteiger partial charge in [0.05, 0.1) is 5.41 Å². The van der Waals surface area contributed by atoms with Gasteiger partial charge >= 0.3 is 11.9 Å². The molecule has 2 rings (SSSR count). The second-order valence-corrected chi connectivity index (χ2v) is 9.90. The summed E-state index contributed by atoms with van der Waals surface area (Å²) in [5.41, 5.74) is -0.553. The first-order valence-corrected chi connectivity index (χ1v) is 10.9. The lowest BCUT2D eigenvalue weighted by Gasteiger charge is -2.38. The van der Waals surface area contributed by atoms with Crippen LogP contribution in [-0.4, -0.2) is 40.0 Å². The first-order chi connectivity index (χ1) is 14.8. The highest BCUT2D eigenvalue weighted by Crippen LogP contribution is 2.56. The van der Waals surface area contributed by atoms with E-state index in [-0.39, 0.29) is 18.2 Å². The van der Waals surface area contributed by atoms with E-state index in [1.165, 1.54) is 0 Å². The van der Waals surface area contributed by atoms with Crippen LogP contribution in [0.4, 0.5) is 5.69 Å². The fourth-order valence-electron chi connectivity index (χ4n) is 4.36. The van der Waals surface area contributed by atoms with E-state index in [9.17, 15) is 29.4 Å². The highest BCUT2D eigenvalue weighted by atomic mass is 16.4. The van der Waals surface area contributed by atoms with Crippen LogP contribution in [0.25, 0.3) is 0 Å². The molecule has 1 aliphatic rings. The first kappa shape index (κ1) is 25.4. The predicted octanol–water partition coefficient (Wildman–Crippen LogP) is 3.31. The SMILES string of the molecule is CC(C)CC(=O)Nc1ccc(C[C@H](NC(=O)[C@H]2CC[C@@](C)(C(=O)O)C2(C)C)C(=O)O)cc1. The number of hydrogen-bond donors (Lipinski definition) is 4. The van der Waals surface area contributed by atoms with Gasteiger partial charge in [-0.25, -0.2) is 4.79 Å². The van der Waals surface area contributed by atoms with Gasteiger partial charge in [0.25, 0.3) is 0 Å². The molecule has 0 aliphatic heterocycles. The van der Waals surface area contributed by atoms with Gasteiger partial charge in [0.1, 0.15) is 6.04 Å². The predicted molar refractivity (Wildman–Crippen MR) is 120 cm³/mol. The smallest absolute Gasteiger partial charge is 0.326 e. The number of benzene rings is 1. The normalized spacial score (nSPS) is 22.9. The van der Waals surface area contributed by atoms with Gasteiger partial charge in [0.15, 0.2) is 0 Å². The lowest BCUT2D eigenvalue weighted by molar-refractivity contribution is -0.155. The molecule has 32 heavy (non-hydrogen) atoms. The molecule has 4 N–H and O–H groups in total. The van der Waals surface area contributed by atoms with Gasteiger partial charge in [-0.2, -0.15) is 0 Å². The van der Waals surface area contributed by atoms with Crippen LogP contribution in [-0.2, 0) is 25.6 Å². The Balaban J connectivity index is 2.06. The van der Waals surface area contributed by atoms with Crippen molar-refractivity contribution in [3.8, 4) is 0 Å². The first-order valence-electron chi connectivity index (χ1n) is 10.9. The number of rotatable bonds is 9. The summed E-state index contributed by atoms with van der Waals surface area (Å²) < 4.78 is 0. The van der Waals surface area contributed by atoms with E-state index in [1.54, 1.807) is 45.0 Å². The van der Waals surface area contributed by atoms with Crippen molar-refractivity contribution in [2.75, 3.05) is 5.32 Å². The van der Waals surface area contributed by atoms with Gasteiger partial charge in [-0.05, 0) is 48.8 Å². The molecule has 0 bridgehead atoms. The summed E-state index contributed by atoms with van der Waals surface area (Å²) in [4.78, 5) is 48.4. The zero-order valence-corrected chi connectivity index (χ0v) is 19.4. The number of carbonyl (C=O) groups excluding carboxylic acids is 2. The third kappa shape index (κ3) is 5.47. The lowest BCUT2D eigenvalue weighted by Crippen LogP contribution is -2.49. The average molecular weight is 447 g/mol. The molecule has 0 spiro atoms. The fraction of sp³-hybridized carbons (Fsp3) is 0.583. The van der Waals surface area contributed by atoms with Crippen molar-refractivity contribution < 1.29 is 29.4 Å². The van der Waals surface area contributed by atoms with E-state index in [1.807, 2.05) is 13.8 Å². The minimum atomic E-state index is -1.16. The summed E-state index contributed by atoms with van der Waals surface area (Å²) in [5, 5.41) is 24.7. The molecule has 1 saturated carbocycles. The van der Waals surface area contributed by atoms with E-state index in [4.69, 9.17) is 0 Å². The number of amides is 2. The number of carbonyl (C=O) groups is 4. The standard InChI is InChI=1S/C24H34N2O6/c1-14(2)12-19(27)25-16-8-6-15(7-9-16)13-18(21(29)30)26-20(28)17-10-11-24(5,22(31)32)23(17,3)4/h6-9,14,17-18H,10-13H2,1-5H3,(H,25,27)(H,26,28)(H,29,30)(H,31,32)/t17-,18+,24+/m1/s1. The molecule has 2 amide bonds. The molecule has 0 aromatic heterocycles. The van der Waals surface area contributed by atoms with E-state index >= 15 is 0 Å². The molecule has 3 atom stereocenters. The topological polar surface area (TPSA) is 133 Å². The molecule has 0 unspecified atom stereocenters. The van der Waals surface area contributed by atoms with Gasteiger partial charge in [-0.1, -0.05) is 39.8 Å². The van der Waals surface area contributed by atoms with Crippen molar-refractivity contribution in [1.82, 2.24) is 5.32 Å². The van der Waals surface area contributed by atoms with Crippen molar-refractivity contribution in [2.45, 2.75) is 66.3 Å². The fourth-order valence-corrected chi connectivity index (χ4v) is 4.36. The summed E-state index contributed by atoms with van der Waals surface area (Å²) in [7, 11) is 0. The van der Waals surface area contributed by atoms with Crippen LogP contribution in [0.15, 0.2) is 24.3 Å². The van der Waals surface area contributed by atoms with Crippen LogP contribution in [0.5, 0.6) is 0 Å². The van der Waals surface area contributed by atoms with Crippen LogP contribution < -0.4 is 10.6 Å². The molecule has 8 nitrogen and oxygen atoms in total. The molecule has 1 aliphatic carbocycles. The molecule has 0 saturated heterocycles. The zero-order valence-electron chi connectivity index (χ0n) is 19.4. The summed E-state index contributed by atoms with van der Waals surface area (Å²) in [5.74, 6) is -2.99. The molecular weight excluding hydrogens is 412 g/mol. The Hall–Kier alpha value is -2.90. The average Bonchev–Trinajstić information content (AvgIpc) is 2.92. The van der Waals surface area contributed by atoms with Crippen molar-refractivity contribution in [1.29, 1.82) is 0 Å². The molecule has 0 radical (unpaired) electrons. The molecule has 0 heterocycles. The number of hydrogen-bond acceptors (Lipinski definition) is 4. The van der Waals surface area contributed by atoms with Crippen LogP contribution in [0, 0.1) is 22.7 Å². The second kappa shape index (κ2) is 9.71. The Morgan fingerprint density at radius 3 is 2.12 bits per heavy atom. The lowest BCUT2D eigenvalue weighted by atomic mass is 9.65. The summed E-state index contributed by atoms with van der Waals surface area (Å²) in [6, 6.07) is 5.69. The van der Waals surface area contributed by atoms with Crippen LogP contribution in [0.1, 0.15) is 59.4 Å². The van der Waals surface area contributed by atoms with Gasteiger partial charge < -0.3 is 20.8 Å². The van der Waals surface area contributed by atoms with Crippen LogP contribution in [0.2, 0.25) is 0 Å². The van der Waals surface area contributed by atoms with Crippen molar-refractivity contribution in [3.05, 3.63) is 29.8 Å². The van der Waals surface area contributed by atoms with Gasteiger partial charge in [0, 0.05) is 24.4 Å². The highest BCUT2D eigenvalue weighted by molar-refractivity contribution is 5.91.